The van der Waals surface area contributed by atoms with Crippen molar-refractivity contribution in [3.05, 3.63) is 23.8 Å². The van der Waals surface area contributed by atoms with Crippen molar-refractivity contribution >= 4 is 11.4 Å². The van der Waals surface area contributed by atoms with Crippen molar-refractivity contribution in [1.29, 1.82) is 0 Å². The molecule has 0 saturated heterocycles. The van der Waals surface area contributed by atoms with Gasteiger partial charge in [-0.05, 0) is 37.3 Å². The molecule has 17 heavy (non-hydrogen) atoms. The average molecular weight is 232 g/mol. The lowest BCUT2D eigenvalue weighted by atomic mass is 9.85. The molecular weight excluding hydrogens is 208 g/mol. The van der Waals surface area contributed by atoms with Gasteiger partial charge in [0.25, 0.3) is 0 Å². The Morgan fingerprint density at radius 1 is 1.24 bits per heavy atom. The highest BCUT2D eigenvalue weighted by molar-refractivity contribution is 5.71. The summed E-state index contributed by atoms with van der Waals surface area (Å²) in [6.45, 7) is 4.45. The van der Waals surface area contributed by atoms with Gasteiger partial charge < -0.3 is 10.6 Å². The van der Waals surface area contributed by atoms with E-state index in [1.807, 2.05) is 0 Å². The maximum Gasteiger partial charge on any atom is 0.0602 e. The van der Waals surface area contributed by atoms with Gasteiger partial charge >= 0.3 is 0 Å². The van der Waals surface area contributed by atoms with E-state index < -0.39 is 0 Å². The Balaban J connectivity index is 2.23. The van der Waals surface area contributed by atoms with Gasteiger partial charge in [0.1, 0.15) is 0 Å². The summed E-state index contributed by atoms with van der Waals surface area (Å²) in [5, 5.41) is 0. The Morgan fingerprint density at radius 3 is 2.65 bits per heavy atom. The van der Waals surface area contributed by atoms with E-state index in [1.54, 1.807) is 0 Å². The number of para-hydroxylation sites is 1. The summed E-state index contributed by atoms with van der Waals surface area (Å²) in [7, 11) is 2.19. The number of rotatable bonds is 2. The smallest absolute Gasteiger partial charge is 0.0602 e. The quantitative estimate of drug-likeness (QED) is 0.790. The van der Waals surface area contributed by atoms with E-state index >= 15 is 0 Å². The van der Waals surface area contributed by atoms with Crippen LogP contribution in [0.25, 0.3) is 0 Å². The van der Waals surface area contributed by atoms with Gasteiger partial charge in [0.2, 0.25) is 0 Å². The van der Waals surface area contributed by atoms with Gasteiger partial charge in [-0.3, -0.25) is 0 Å². The predicted octanol–water partition coefficient (Wildman–Crippen LogP) is 3.59. The molecule has 94 valence electrons. The summed E-state index contributed by atoms with van der Waals surface area (Å²) < 4.78 is 0. The molecule has 0 amide bonds. The molecule has 1 aromatic carbocycles. The molecule has 0 bridgehead atoms. The standard InChI is InChI=1S/C15H24N2/c1-11-7-4-5-9-13(11)17(3)14-10-6-8-12(2)15(14)16/h6,8,10-11,13H,4-5,7,9,16H2,1-3H3. The van der Waals surface area contributed by atoms with Crippen LogP contribution in [-0.2, 0) is 0 Å². The van der Waals surface area contributed by atoms with Crippen molar-refractivity contribution in [2.75, 3.05) is 17.7 Å². The number of anilines is 2. The van der Waals surface area contributed by atoms with E-state index in [4.69, 9.17) is 5.73 Å². The Kier molecular flexibility index (Phi) is 3.60. The Labute approximate surface area is 105 Å². The third-order valence-electron chi connectivity index (χ3n) is 4.24. The highest BCUT2D eigenvalue weighted by atomic mass is 15.1. The molecule has 1 fully saturated rings. The zero-order chi connectivity index (χ0) is 12.4. The number of benzene rings is 1. The van der Waals surface area contributed by atoms with Crippen molar-refractivity contribution in [1.82, 2.24) is 0 Å². The second-order valence-electron chi connectivity index (χ2n) is 5.45. The highest BCUT2D eigenvalue weighted by Crippen LogP contribution is 2.33. The van der Waals surface area contributed by atoms with E-state index in [2.05, 4.69) is 44.0 Å². The Bertz CT molecular complexity index is 387. The van der Waals surface area contributed by atoms with Crippen LogP contribution in [0.15, 0.2) is 18.2 Å². The summed E-state index contributed by atoms with van der Waals surface area (Å²) in [6, 6.07) is 6.97. The average Bonchev–Trinajstić information content (AvgIpc) is 2.32. The lowest BCUT2D eigenvalue weighted by molar-refractivity contribution is 0.322. The maximum atomic E-state index is 6.19. The van der Waals surface area contributed by atoms with Crippen LogP contribution in [0.2, 0.25) is 0 Å². The third kappa shape index (κ3) is 2.41. The van der Waals surface area contributed by atoms with Crippen LogP contribution in [0.4, 0.5) is 11.4 Å². The Hall–Kier alpha value is -1.18. The van der Waals surface area contributed by atoms with Crippen molar-refractivity contribution in [2.45, 2.75) is 45.6 Å². The van der Waals surface area contributed by atoms with E-state index in [0.717, 1.165) is 11.6 Å². The van der Waals surface area contributed by atoms with Crippen LogP contribution in [0, 0.1) is 12.8 Å². The molecule has 2 heteroatoms. The minimum atomic E-state index is 0.646. The van der Waals surface area contributed by atoms with Gasteiger partial charge in [-0.2, -0.15) is 0 Å². The number of nitrogens with zero attached hydrogens (tertiary/aromatic N) is 1. The molecule has 0 radical (unpaired) electrons. The van der Waals surface area contributed by atoms with Crippen LogP contribution in [0.3, 0.4) is 0 Å². The van der Waals surface area contributed by atoms with Gasteiger partial charge in [0.15, 0.2) is 0 Å². The van der Waals surface area contributed by atoms with Crippen LogP contribution in [0.1, 0.15) is 38.2 Å². The van der Waals surface area contributed by atoms with E-state index in [0.29, 0.717) is 6.04 Å². The summed E-state index contributed by atoms with van der Waals surface area (Å²) in [5.41, 5.74) is 9.51. The number of aryl methyl sites for hydroxylation is 1. The van der Waals surface area contributed by atoms with Crippen molar-refractivity contribution in [3.8, 4) is 0 Å². The molecule has 1 aliphatic carbocycles. The molecule has 2 rings (SSSR count). The molecule has 2 atom stereocenters. The van der Waals surface area contributed by atoms with E-state index in [-0.39, 0.29) is 0 Å². The Morgan fingerprint density at radius 2 is 1.94 bits per heavy atom. The molecule has 1 aromatic rings. The molecule has 0 spiro atoms. The molecule has 2 nitrogen and oxygen atoms in total. The van der Waals surface area contributed by atoms with Crippen LogP contribution >= 0.6 is 0 Å². The fourth-order valence-corrected chi connectivity index (χ4v) is 3.02. The number of hydrogen-bond donors (Lipinski definition) is 1. The number of hydrogen-bond acceptors (Lipinski definition) is 2. The monoisotopic (exact) mass is 232 g/mol. The van der Waals surface area contributed by atoms with Gasteiger partial charge in [0, 0.05) is 13.1 Å². The topological polar surface area (TPSA) is 29.3 Å². The van der Waals surface area contributed by atoms with Crippen LogP contribution in [-0.4, -0.2) is 13.1 Å². The first kappa shape index (κ1) is 12.3. The third-order valence-corrected chi connectivity index (χ3v) is 4.24. The van der Waals surface area contributed by atoms with Crippen molar-refractivity contribution in [2.24, 2.45) is 5.92 Å². The van der Waals surface area contributed by atoms with Crippen molar-refractivity contribution in [3.63, 3.8) is 0 Å². The first-order chi connectivity index (χ1) is 8.11. The number of nitrogens with two attached hydrogens (primary N) is 1. The summed E-state index contributed by atoms with van der Waals surface area (Å²) >= 11 is 0. The zero-order valence-corrected chi connectivity index (χ0v) is 11.2. The molecule has 1 aliphatic rings. The first-order valence-electron chi connectivity index (χ1n) is 6.69. The summed E-state index contributed by atoms with van der Waals surface area (Å²) in [5.74, 6) is 0.772. The first-order valence-corrected chi connectivity index (χ1v) is 6.69. The molecule has 0 aromatic heterocycles. The maximum absolute atomic E-state index is 6.19. The lowest BCUT2D eigenvalue weighted by Crippen LogP contribution is -2.39. The van der Waals surface area contributed by atoms with Crippen LogP contribution in [0.5, 0.6) is 0 Å². The SMILES string of the molecule is Cc1cccc(N(C)C2CCCCC2C)c1N. The normalized spacial score (nSPS) is 24.6. The second kappa shape index (κ2) is 4.99. The second-order valence-corrected chi connectivity index (χ2v) is 5.45. The van der Waals surface area contributed by atoms with Crippen LogP contribution < -0.4 is 10.6 Å². The summed E-state index contributed by atoms with van der Waals surface area (Å²) in [6.07, 6.45) is 5.38. The molecule has 0 heterocycles. The van der Waals surface area contributed by atoms with Gasteiger partial charge in [0.05, 0.1) is 11.4 Å². The highest BCUT2D eigenvalue weighted by Gasteiger charge is 2.26. The lowest BCUT2D eigenvalue weighted by Gasteiger charge is -2.38. The van der Waals surface area contributed by atoms with Gasteiger partial charge in [-0.15, -0.1) is 0 Å². The summed E-state index contributed by atoms with van der Waals surface area (Å²) in [4.78, 5) is 2.40. The molecule has 2 unspecified atom stereocenters. The van der Waals surface area contributed by atoms with E-state index in [9.17, 15) is 0 Å². The fraction of sp³-hybridized carbons (Fsp3) is 0.600. The van der Waals surface area contributed by atoms with Gasteiger partial charge in [-0.25, -0.2) is 0 Å². The largest absolute Gasteiger partial charge is 0.397 e. The molecule has 1 saturated carbocycles. The van der Waals surface area contributed by atoms with Gasteiger partial charge in [-0.1, -0.05) is 31.9 Å². The molecule has 0 aliphatic heterocycles. The minimum absolute atomic E-state index is 0.646. The predicted molar refractivity (Wildman–Crippen MR) is 75.4 cm³/mol. The molecular formula is C15H24N2. The minimum Gasteiger partial charge on any atom is -0.397 e. The molecule has 2 N–H and O–H groups in total. The van der Waals surface area contributed by atoms with E-state index in [1.165, 1.54) is 36.9 Å². The fourth-order valence-electron chi connectivity index (χ4n) is 3.02. The zero-order valence-electron chi connectivity index (χ0n) is 11.2. The number of nitrogen functional groups attached to an aromatic ring is 1. The van der Waals surface area contributed by atoms with Crippen molar-refractivity contribution < 1.29 is 0 Å².